The molecule has 2 atom stereocenters. The number of Topliss-reactive ketones (excluding diaryl/α,β-unsaturated/α-hetero) is 1. The first-order valence-corrected chi connectivity index (χ1v) is 11.3. The maximum absolute atomic E-state index is 13.6. The minimum atomic E-state index is -0.198. The Hall–Kier alpha value is -3.73. The molecule has 5 heteroatoms. The number of ketones is 1. The van der Waals surface area contributed by atoms with E-state index in [0.29, 0.717) is 6.42 Å². The van der Waals surface area contributed by atoms with E-state index < -0.39 is 0 Å². The summed E-state index contributed by atoms with van der Waals surface area (Å²) in [7, 11) is 5.73. The van der Waals surface area contributed by atoms with Gasteiger partial charge >= 0.3 is 0 Å². The van der Waals surface area contributed by atoms with Crippen molar-refractivity contribution in [3.8, 4) is 5.75 Å². The Morgan fingerprint density at radius 3 is 2.18 bits per heavy atom. The molecule has 168 valence electrons. The van der Waals surface area contributed by atoms with Crippen molar-refractivity contribution in [2.75, 3.05) is 36.7 Å². The molecule has 3 aromatic rings. The highest BCUT2D eigenvalue weighted by molar-refractivity contribution is 6.01. The molecule has 1 heterocycles. The molecule has 1 aliphatic carbocycles. The van der Waals surface area contributed by atoms with Crippen LogP contribution in [-0.2, 0) is 4.79 Å². The van der Waals surface area contributed by atoms with E-state index in [0.717, 1.165) is 51.6 Å². The molecule has 0 spiro atoms. The van der Waals surface area contributed by atoms with Crippen LogP contribution < -0.4 is 20.3 Å². The molecular formula is C28H29N3O2. The topological polar surface area (TPSA) is 53.6 Å². The number of hydrogen-bond donors (Lipinski definition) is 2. The van der Waals surface area contributed by atoms with Gasteiger partial charge in [-0.15, -0.1) is 0 Å². The number of benzene rings is 3. The van der Waals surface area contributed by atoms with Crippen molar-refractivity contribution in [1.82, 2.24) is 0 Å². The van der Waals surface area contributed by atoms with E-state index in [4.69, 9.17) is 4.74 Å². The predicted octanol–water partition coefficient (Wildman–Crippen LogP) is 5.74. The molecule has 2 aliphatic rings. The third-order valence-electron chi connectivity index (χ3n) is 6.64. The van der Waals surface area contributed by atoms with Gasteiger partial charge in [-0.3, -0.25) is 4.79 Å². The average molecular weight is 440 g/mol. The Morgan fingerprint density at radius 1 is 0.848 bits per heavy atom. The number of carbonyl (C=O) groups excluding carboxylic acids is 1. The van der Waals surface area contributed by atoms with Gasteiger partial charge < -0.3 is 20.3 Å². The van der Waals surface area contributed by atoms with Crippen LogP contribution in [0.2, 0.25) is 0 Å². The second kappa shape index (κ2) is 8.66. The van der Waals surface area contributed by atoms with Crippen molar-refractivity contribution in [3.63, 3.8) is 0 Å². The molecule has 0 bridgehead atoms. The lowest BCUT2D eigenvalue weighted by Gasteiger charge is -2.30. The summed E-state index contributed by atoms with van der Waals surface area (Å²) < 4.78 is 5.31. The van der Waals surface area contributed by atoms with Crippen molar-refractivity contribution >= 4 is 22.8 Å². The molecule has 0 unspecified atom stereocenters. The molecule has 0 fully saturated rings. The molecule has 0 aromatic heterocycles. The first kappa shape index (κ1) is 21.1. The fourth-order valence-electron chi connectivity index (χ4n) is 4.82. The molecule has 0 saturated heterocycles. The molecule has 1 aliphatic heterocycles. The van der Waals surface area contributed by atoms with E-state index in [1.54, 1.807) is 7.11 Å². The van der Waals surface area contributed by atoms with Crippen molar-refractivity contribution in [3.05, 3.63) is 95.2 Å². The summed E-state index contributed by atoms with van der Waals surface area (Å²) in [5.41, 5.74) is 7.23. The summed E-state index contributed by atoms with van der Waals surface area (Å²) in [4.78, 5) is 15.7. The summed E-state index contributed by atoms with van der Waals surface area (Å²) in [5.74, 6) is 1.15. The molecule has 5 rings (SSSR count). The number of nitrogens with zero attached hydrogens (tertiary/aromatic N) is 1. The molecule has 0 amide bonds. The van der Waals surface area contributed by atoms with E-state index in [1.165, 1.54) is 0 Å². The zero-order chi connectivity index (χ0) is 22.9. The quantitative estimate of drug-likeness (QED) is 0.543. The predicted molar refractivity (Wildman–Crippen MR) is 134 cm³/mol. The van der Waals surface area contributed by atoms with E-state index in [2.05, 4.69) is 64.1 Å². The second-order valence-electron chi connectivity index (χ2n) is 8.93. The number of hydrogen-bond acceptors (Lipinski definition) is 5. The van der Waals surface area contributed by atoms with Crippen LogP contribution in [0.5, 0.6) is 5.75 Å². The Balaban J connectivity index is 1.55. The largest absolute Gasteiger partial charge is 0.497 e. The molecular weight excluding hydrogens is 410 g/mol. The standard InChI is InChI=1S/C28H29N3O2/c1-31(2)21-12-8-19(9-13-21)28-27-25(29-23-6-4-5-7-24(23)30-28)16-20(17-26(27)32)18-10-14-22(33-3)15-11-18/h4-15,20,28-30H,16-17H2,1-3H3/t20-,28+/m1/s1. The van der Waals surface area contributed by atoms with Crippen LogP contribution in [0.3, 0.4) is 0 Å². The number of methoxy groups -OCH3 is 1. The Bertz CT molecular complexity index is 1200. The van der Waals surface area contributed by atoms with Crippen LogP contribution in [0, 0.1) is 0 Å². The third kappa shape index (κ3) is 4.07. The first-order chi connectivity index (χ1) is 16.0. The maximum atomic E-state index is 13.6. The third-order valence-corrected chi connectivity index (χ3v) is 6.64. The molecule has 5 nitrogen and oxygen atoms in total. The minimum Gasteiger partial charge on any atom is -0.497 e. The Labute approximate surface area is 195 Å². The van der Waals surface area contributed by atoms with Gasteiger partial charge in [-0.05, 0) is 59.9 Å². The first-order valence-electron chi connectivity index (χ1n) is 11.3. The fraction of sp³-hybridized carbons (Fsp3) is 0.250. The van der Waals surface area contributed by atoms with Gasteiger partial charge in [0.2, 0.25) is 0 Å². The van der Waals surface area contributed by atoms with Gasteiger partial charge in [0.1, 0.15) is 5.75 Å². The van der Waals surface area contributed by atoms with Gasteiger partial charge in [0.15, 0.2) is 5.78 Å². The van der Waals surface area contributed by atoms with Crippen molar-refractivity contribution in [2.24, 2.45) is 0 Å². The van der Waals surface area contributed by atoms with Gasteiger partial charge in [0, 0.05) is 37.5 Å². The molecule has 3 aromatic carbocycles. The maximum Gasteiger partial charge on any atom is 0.163 e. The number of carbonyl (C=O) groups is 1. The second-order valence-corrected chi connectivity index (χ2v) is 8.93. The zero-order valence-corrected chi connectivity index (χ0v) is 19.3. The summed E-state index contributed by atoms with van der Waals surface area (Å²) in [6.07, 6.45) is 1.28. The summed E-state index contributed by atoms with van der Waals surface area (Å²) in [5, 5.41) is 7.26. The SMILES string of the molecule is COc1ccc([C@H]2CC(=O)C3=C(C2)Nc2ccccc2N[C@H]3c2ccc(N(C)C)cc2)cc1. The number of nitrogens with one attached hydrogen (secondary N) is 2. The summed E-state index contributed by atoms with van der Waals surface area (Å²) in [6.45, 7) is 0. The van der Waals surface area contributed by atoms with Gasteiger partial charge in [-0.2, -0.15) is 0 Å². The number of para-hydroxylation sites is 2. The zero-order valence-electron chi connectivity index (χ0n) is 19.3. The number of allylic oxidation sites excluding steroid dienone is 1. The van der Waals surface area contributed by atoms with E-state index in [-0.39, 0.29) is 17.7 Å². The lowest BCUT2D eigenvalue weighted by atomic mass is 9.78. The minimum absolute atomic E-state index is 0.136. The van der Waals surface area contributed by atoms with Crippen LogP contribution in [0.15, 0.2) is 84.1 Å². The van der Waals surface area contributed by atoms with Crippen LogP contribution >= 0.6 is 0 Å². The molecule has 2 N–H and O–H groups in total. The highest BCUT2D eigenvalue weighted by Crippen LogP contribution is 2.44. The number of anilines is 3. The fourth-order valence-corrected chi connectivity index (χ4v) is 4.82. The van der Waals surface area contributed by atoms with Gasteiger partial charge in [0.05, 0.1) is 24.5 Å². The number of ether oxygens (including phenoxy) is 1. The highest BCUT2D eigenvalue weighted by Gasteiger charge is 2.36. The monoisotopic (exact) mass is 439 g/mol. The number of fused-ring (bicyclic) bond motifs is 1. The van der Waals surface area contributed by atoms with Crippen molar-refractivity contribution in [1.29, 1.82) is 0 Å². The van der Waals surface area contributed by atoms with E-state index >= 15 is 0 Å². The van der Waals surface area contributed by atoms with Gasteiger partial charge in [0.25, 0.3) is 0 Å². The normalized spacial score (nSPS) is 19.5. The smallest absolute Gasteiger partial charge is 0.163 e. The Kier molecular flexibility index (Phi) is 5.55. The van der Waals surface area contributed by atoms with Crippen molar-refractivity contribution in [2.45, 2.75) is 24.8 Å². The van der Waals surface area contributed by atoms with Crippen LogP contribution in [0.4, 0.5) is 17.1 Å². The van der Waals surface area contributed by atoms with Gasteiger partial charge in [-0.25, -0.2) is 0 Å². The summed E-state index contributed by atoms with van der Waals surface area (Å²) >= 11 is 0. The molecule has 0 radical (unpaired) electrons. The average Bonchev–Trinajstić information content (AvgIpc) is 3.01. The lowest BCUT2D eigenvalue weighted by Crippen LogP contribution is -2.26. The van der Waals surface area contributed by atoms with E-state index in [1.807, 2.05) is 38.4 Å². The summed E-state index contributed by atoms with van der Waals surface area (Å²) in [6, 6.07) is 24.5. The van der Waals surface area contributed by atoms with Crippen LogP contribution in [0.1, 0.15) is 35.9 Å². The van der Waals surface area contributed by atoms with Crippen molar-refractivity contribution < 1.29 is 9.53 Å². The lowest BCUT2D eigenvalue weighted by molar-refractivity contribution is -0.116. The Morgan fingerprint density at radius 2 is 1.52 bits per heavy atom. The van der Waals surface area contributed by atoms with Gasteiger partial charge in [-0.1, -0.05) is 36.4 Å². The van der Waals surface area contributed by atoms with Crippen LogP contribution in [0.25, 0.3) is 0 Å². The number of rotatable bonds is 4. The highest BCUT2D eigenvalue weighted by atomic mass is 16.5. The molecule has 33 heavy (non-hydrogen) atoms. The van der Waals surface area contributed by atoms with Crippen LogP contribution in [-0.4, -0.2) is 27.0 Å². The van der Waals surface area contributed by atoms with E-state index in [9.17, 15) is 4.79 Å². The molecule has 0 saturated carbocycles.